The third kappa shape index (κ3) is 3.80. The number of primary amides is 1. The summed E-state index contributed by atoms with van der Waals surface area (Å²) in [6.07, 6.45) is 4.71. The number of hydrogen-bond donors (Lipinski definition) is 4. The highest BCUT2D eigenvalue weighted by molar-refractivity contribution is 5.98. The van der Waals surface area contributed by atoms with Crippen LogP contribution in [0.1, 0.15) is 36.0 Å². The monoisotopic (exact) mass is 327 g/mol. The number of hydrogen-bond acceptors (Lipinski definition) is 6. The maximum atomic E-state index is 11.6. The number of amides is 1. The second kappa shape index (κ2) is 7.27. The quantitative estimate of drug-likeness (QED) is 0.668. The van der Waals surface area contributed by atoms with Crippen molar-refractivity contribution in [2.75, 3.05) is 10.6 Å². The highest BCUT2D eigenvalue weighted by Gasteiger charge is 2.24. The first-order chi connectivity index (χ1) is 11.6. The van der Waals surface area contributed by atoms with Crippen LogP contribution in [0.15, 0.2) is 36.5 Å². The van der Waals surface area contributed by atoms with Gasteiger partial charge in [-0.3, -0.25) is 4.79 Å². The number of nitrogens with one attached hydrogen (secondary N) is 2. The van der Waals surface area contributed by atoms with E-state index in [0.717, 1.165) is 31.4 Å². The summed E-state index contributed by atoms with van der Waals surface area (Å²) < 4.78 is 0. The lowest BCUT2D eigenvalue weighted by atomic mass is 9.93. The summed E-state index contributed by atoms with van der Waals surface area (Å²) in [7, 11) is 0. The van der Waals surface area contributed by atoms with Gasteiger partial charge in [0.2, 0.25) is 5.95 Å². The van der Waals surface area contributed by atoms with Crippen molar-refractivity contribution < 1.29 is 9.90 Å². The normalized spacial score (nSPS) is 20.4. The molecule has 1 fully saturated rings. The van der Waals surface area contributed by atoms with E-state index in [1.165, 1.54) is 6.20 Å². The van der Waals surface area contributed by atoms with Crippen molar-refractivity contribution in [2.45, 2.75) is 37.8 Å². The van der Waals surface area contributed by atoms with E-state index >= 15 is 0 Å². The fourth-order valence-electron chi connectivity index (χ4n) is 2.83. The molecule has 1 aromatic carbocycles. The lowest BCUT2D eigenvalue weighted by Gasteiger charge is -2.28. The zero-order valence-corrected chi connectivity index (χ0v) is 13.3. The van der Waals surface area contributed by atoms with E-state index in [9.17, 15) is 9.90 Å². The van der Waals surface area contributed by atoms with Crippen LogP contribution in [0.3, 0.4) is 0 Å². The molecular weight excluding hydrogens is 306 g/mol. The Balaban J connectivity index is 1.83. The zero-order valence-electron chi connectivity index (χ0n) is 13.3. The second-order valence-corrected chi connectivity index (χ2v) is 5.91. The molecular formula is C17H21N5O2. The predicted molar refractivity (Wildman–Crippen MR) is 92.2 cm³/mol. The molecule has 126 valence electrons. The second-order valence-electron chi connectivity index (χ2n) is 5.91. The zero-order chi connectivity index (χ0) is 16.9. The smallest absolute Gasteiger partial charge is 0.254 e. The SMILES string of the molecule is NC(=O)c1cnc(N[C@@H]2CCCCC2O)nc1Nc1ccccc1. The average Bonchev–Trinajstić information content (AvgIpc) is 2.58. The lowest BCUT2D eigenvalue weighted by molar-refractivity contribution is 0.1000. The molecule has 0 saturated heterocycles. The highest BCUT2D eigenvalue weighted by atomic mass is 16.3. The van der Waals surface area contributed by atoms with Gasteiger partial charge < -0.3 is 21.5 Å². The molecule has 7 nitrogen and oxygen atoms in total. The molecule has 1 aliphatic rings. The molecule has 1 saturated carbocycles. The minimum atomic E-state index is -0.599. The summed E-state index contributed by atoms with van der Waals surface area (Å²) in [4.78, 5) is 20.1. The van der Waals surface area contributed by atoms with E-state index < -0.39 is 12.0 Å². The van der Waals surface area contributed by atoms with Gasteiger partial charge in [0, 0.05) is 11.9 Å². The number of anilines is 3. The van der Waals surface area contributed by atoms with Crippen LogP contribution in [0.4, 0.5) is 17.5 Å². The molecule has 0 spiro atoms. The number of nitrogens with two attached hydrogens (primary N) is 1. The Morgan fingerprint density at radius 1 is 1.21 bits per heavy atom. The van der Waals surface area contributed by atoms with Gasteiger partial charge in [-0.05, 0) is 25.0 Å². The van der Waals surface area contributed by atoms with Crippen molar-refractivity contribution in [3.05, 3.63) is 42.1 Å². The van der Waals surface area contributed by atoms with Crippen LogP contribution in [0, 0.1) is 0 Å². The van der Waals surface area contributed by atoms with Crippen LogP contribution < -0.4 is 16.4 Å². The molecule has 7 heteroatoms. The van der Waals surface area contributed by atoms with Crippen LogP contribution in [-0.2, 0) is 0 Å². The number of nitrogens with zero attached hydrogens (tertiary/aromatic N) is 2. The summed E-state index contributed by atoms with van der Waals surface area (Å²) in [5.41, 5.74) is 6.42. The fraction of sp³-hybridized carbons (Fsp3) is 0.353. The van der Waals surface area contributed by atoms with E-state index in [1.54, 1.807) is 0 Å². The summed E-state index contributed by atoms with van der Waals surface area (Å²) >= 11 is 0. The largest absolute Gasteiger partial charge is 0.391 e. The summed E-state index contributed by atoms with van der Waals surface area (Å²) in [6.45, 7) is 0. The van der Waals surface area contributed by atoms with Gasteiger partial charge in [-0.2, -0.15) is 4.98 Å². The first-order valence-electron chi connectivity index (χ1n) is 8.07. The molecule has 0 aliphatic heterocycles. The summed E-state index contributed by atoms with van der Waals surface area (Å²) in [5.74, 6) is 0.110. The molecule has 2 aromatic rings. The number of carbonyl (C=O) groups is 1. The first-order valence-corrected chi connectivity index (χ1v) is 8.07. The van der Waals surface area contributed by atoms with E-state index in [2.05, 4.69) is 20.6 Å². The van der Waals surface area contributed by atoms with Gasteiger partial charge in [-0.1, -0.05) is 31.0 Å². The maximum Gasteiger partial charge on any atom is 0.254 e. The number of aliphatic hydroxyl groups excluding tert-OH is 1. The Hall–Kier alpha value is -2.67. The molecule has 1 aliphatic carbocycles. The van der Waals surface area contributed by atoms with Gasteiger partial charge in [-0.15, -0.1) is 0 Å². The maximum absolute atomic E-state index is 11.6. The van der Waals surface area contributed by atoms with Crippen LogP contribution in [0.5, 0.6) is 0 Å². The molecule has 1 amide bonds. The van der Waals surface area contributed by atoms with Gasteiger partial charge in [0.15, 0.2) is 0 Å². The molecule has 3 rings (SSSR count). The molecule has 0 bridgehead atoms. The lowest BCUT2D eigenvalue weighted by Crippen LogP contribution is -2.37. The predicted octanol–water partition coefficient (Wildman–Crippen LogP) is 2.03. The van der Waals surface area contributed by atoms with Crippen LogP contribution in [0.2, 0.25) is 0 Å². The topological polar surface area (TPSA) is 113 Å². The number of aliphatic hydroxyl groups is 1. The molecule has 0 radical (unpaired) electrons. The minimum absolute atomic E-state index is 0.0808. The Morgan fingerprint density at radius 3 is 2.67 bits per heavy atom. The van der Waals surface area contributed by atoms with Crippen molar-refractivity contribution in [3.63, 3.8) is 0 Å². The van der Waals surface area contributed by atoms with Crippen LogP contribution >= 0.6 is 0 Å². The highest BCUT2D eigenvalue weighted by Crippen LogP contribution is 2.23. The van der Waals surface area contributed by atoms with Gasteiger partial charge in [0.25, 0.3) is 5.91 Å². The van der Waals surface area contributed by atoms with Crippen molar-refractivity contribution in [3.8, 4) is 0 Å². The molecule has 1 aromatic heterocycles. The summed E-state index contributed by atoms with van der Waals surface area (Å²) in [5, 5.41) is 16.3. The van der Waals surface area contributed by atoms with E-state index in [-0.39, 0.29) is 11.6 Å². The van der Waals surface area contributed by atoms with Crippen LogP contribution in [0.25, 0.3) is 0 Å². The van der Waals surface area contributed by atoms with Crippen molar-refractivity contribution in [2.24, 2.45) is 5.73 Å². The number of para-hydroxylation sites is 1. The minimum Gasteiger partial charge on any atom is -0.391 e. The van der Waals surface area contributed by atoms with Gasteiger partial charge in [0.1, 0.15) is 11.4 Å². The summed E-state index contributed by atoms with van der Waals surface area (Å²) in [6, 6.07) is 9.31. The van der Waals surface area contributed by atoms with E-state index in [1.807, 2.05) is 30.3 Å². The average molecular weight is 327 g/mol. The first kappa shape index (κ1) is 16.2. The third-order valence-corrected chi connectivity index (χ3v) is 4.13. The molecule has 1 unspecified atom stereocenters. The van der Waals surface area contributed by atoms with Gasteiger partial charge >= 0.3 is 0 Å². The number of benzene rings is 1. The Bertz CT molecular complexity index is 707. The van der Waals surface area contributed by atoms with Gasteiger partial charge in [0.05, 0.1) is 12.1 Å². The third-order valence-electron chi connectivity index (χ3n) is 4.13. The molecule has 24 heavy (non-hydrogen) atoms. The van der Waals surface area contributed by atoms with Gasteiger partial charge in [-0.25, -0.2) is 4.98 Å². The number of aromatic nitrogens is 2. The van der Waals surface area contributed by atoms with Crippen molar-refractivity contribution >= 4 is 23.4 Å². The fourth-order valence-corrected chi connectivity index (χ4v) is 2.83. The van der Waals surface area contributed by atoms with Crippen LogP contribution in [-0.4, -0.2) is 33.1 Å². The number of carbonyl (C=O) groups excluding carboxylic acids is 1. The Kier molecular flexibility index (Phi) is 4.90. The van der Waals surface area contributed by atoms with E-state index in [4.69, 9.17) is 5.73 Å². The number of rotatable bonds is 5. The molecule has 5 N–H and O–H groups in total. The Morgan fingerprint density at radius 2 is 1.96 bits per heavy atom. The Labute approximate surface area is 140 Å². The van der Waals surface area contributed by atoms with E-state index in [0.29, 0.717) is 11.8 Å². The molecule has 1 heterocycles. The standard InChI is InChI=1S/C17H21N5O2/c18-15(24)12-10-19-17(21-13-8-4-5-9-14(13)23)22-16(12)20-11-6-2-1-3-7-11/h1-3,6-7,10,13-14,23H,4-5,8-9H2,(H2,18,24)(H2,19,20,21,22)/t13-,14?/m1/s1. The van der Waals surface area contributed by atoms with Crippen molar-refractivity contribution in [1.29, 1.82) is 0 Å². The molecule has 2 atom stereocenters. The van der Waals surface area contributed by atoms with Crippen molar-refractivity contribution in [1.82, 2.24) is 9.97 Å².